The molecule has 0 N–H and O–H groups in total. The second-order valence-corrected chi connectivity index (χ2v) is 5.10. The molecule has 0 amide bonds. The Morgan fingerprint density at radius 3 is 2.08 bits per heavy atom. The minimum atomic E-state index is 0.442. The van der Waals surface area contributed by atoms with Gasteiger partial charge in [-0.05, 0) is 0 Å². The van der Waals surface area contributed by atoms with Crippen LogP contribution in [0.1, 0.15) is 6.92 Å². The third kappa shape index (κ3) is 2.39. The Kier molecular flexibility index (Phi) is 4.13. The summed E-state index contributed by atoms with van der Waals surface area (Å²) in [4.78, 5) is 0. The molecule has 1 rings (SSSR count). The van der Waals surface area contributed by atoms with Gasteiger partial charge in [0.2, 0.25) is 0 Å². The summed E-state index contributed by atoms with van der Waals surface area (Å²) in [6.07, 6.45) is 0. The van der Waals surface area contributed by atoms with Gasteiger partial charge < -0.3 is 0 Å². The van der Waals surface area contributed by atoms with Gasteiger partial charge >= 0.3 is 85.1 Å². The third-order valence-corrected chi connectivity index (χ3v) is 3.73. The van der Waals surface area contributed by atoms with Crippen LogP contribution in [0.15, 0.2) is 18.2 Å². The molecule has 0 saturated heterocycles. The van der Waals surface area contributed by atoms with Gasteiger partial charge in [0.1, 0.15) is 0 Å². The van der Waals surface area contributed by atoms with Crippen molar-refractivity contribution in [3.8, 4) is 11.5 Å². The van der Waals surface area contributed by atoms with Crippen LogP contribution in [0.2, 0.25) is 5.32 Å². The summed E-state index contributed by atoms with van der Waals surface area (Å²) < 4.78 is 11.8. The first kappa shape index (κ1) is 10.4. The van der Waals surface area contributed by atoms with Gasteiger partial charge in [0.05, 0.1) is 0 Å². The fourth-order valence-corrected chi connectivity index (χ4v) is 2.94. The molecule has 0 aromatic heterocycles. The SMILES string of the molecule is CC[Se]c1c(OC)cccc1OC. The van der Waals surface area contributed by atoms with Crippen molar-refractivity contribution in [2.75, 3.05) is 14.2 Å². The Hall–Kier alpha value is -0.661. The molecule has 0 radical (unpaired) electrons. The van der Waals surface area contributed by atoms with Gasteiger partial charge in [-0.15, -0.1) is 0 Å². The summed E-state index contributed by atoms with van der Waals surface area (Å²) in [6, 6.07) is 5.91. The van der Waals surface area contributed by atoms with E-state index in [1.165, 1.54) is 4.46 Å². The van der Waals surface area contributed by atoms with E-state index >= 15 is 0 Å². The van der Waals surface area contributed by atoms with E-state index in [1.54, 1.807) is 14.2 Å². The molecule has 0 aliphatic carbocycles. The van der Waals surface area contributed by atoms with E-state index in [0.717, 1.165) is 16.8 Å². The van der Waals surface area contributed by atoms with Crippen LogP contribution in [0.4, 0.5) is 0 Å². The molecule has 0 aliphatic heterocycles. The average Bonchev–Trinajstić information content (AvgIpc) is 2.18. The van der Waals surface area contributed by atoms with E-state index in [2.05, 4.69) is 6.92 Å². The summed E-state index contributed by atoms with van der Waals surface area (Å²) in [7, 11) is 3.40. The van der Waals surface area contributed by atoms with Gasteiger partial charge in [-0.25, -0.2) is 0 Å². The Balaban J connectivity index is 3.05. The minimum absolute atomic E-state index is 0.442. The molecule has 72 valence electrons. The predicted octanol–water partition coefficient (Wildman–Crippen LogP) is 1.47. The summed E-state index contributed by atoms with van der Waals surface area (Å²) in [5.74, 6) is 1.89. The standard InChI is InChI=1S/C10H14O2Se/c1-4-13-10-8(11-2)6-5-7-9(10)12-3/h5-7H,4H2,1-3H3. The van der Waals surface area contributed by atoms with Crippen molar-refractivity contribution in [2.24, 2.45) is 0 Å². The molecular formula is C10H14O2Se. The van der Waals surface area contributed by atoms with Gasteiger partial charge in [-0.2, -0.15) is 0 Å². The maximum atomic E-state index is 5.28. The molecule has 0 bridgehead atoms. The van der Waals surface area contributed by atoms with Crippen molar-refractivity contribution in [3.05, 3.63) is 18.2 Å². The summed E-state index contributed by atoms with van der Waals surface area (Å²) >= 11 is 0.442. The molecule has 1 aromatic carbocycles. The van der Waals surface area contributed by atoms with E-state index in [9.17, 15) is 0 Å². The van der Waals surface area contributed by atoms with Crippen LogP contribution in [0.5, 0.6) is 11.5 Å². The number of hydrogen-bond acceptors (Lipinski definition) is 2. The zero-order valence-corrected chi connectivity index (χ0v) is 9.88. The normalized spacial score (nSPS) is 9.77. The molecule has 3 heteroatoms. The van der Waals surface area contributed by atoms with Crippen molar-refractivity contribution in [3.63, 3.8) is 0 Å². The second-order valence-electron chi connectivity index (χ2n) is 2.42. The molecule has 1 aromatic rings. The van der Waals surface area contributed by atoms with Crippen LogP contribution in [-0.2, 0) is 0 Å². The predicted molar refractivity (Wildman–Crippen MR) is 55.4 cm³/mol. The summed E-state index contributed by atoms with van der Waals surface area (Å²) in [5, 5.41) is 1.16. The van der Waals surface area contributed by atoms with Crippen molar-refractivity contribution in [2.45, 2.75) is 12.2 Å². The van der Waals surface area contributed by atoms with Crippen LogP contribution in [0.25, 0.3) is 0 Å². The number of hydrogen-bond donors (Lipinski definition) is 0. The summed E-state index contributed by atoms with van der Waals surface area (Å²) in [6.45, 7) is 2.17. The van der Waals surface area contributed by atoms with Gasteiger partial charge in [-0.3, -0.25) is 0 Å². The molecule has 0 fully saturated rings. The van der Waals surface area contributed by atoms with E-state index in [0.29, 0.717) is 15.0 Å². The van der Waals surface area contributed by atoms with Gasteiger partial charge in [-0.1, -0.05) is 0 Å². The van der Waals surface area contributed by atoms with Crippen molar-refractivity contribution < 1.29 is 9.47 Å². The van der Waals surface area contributed by atoms with Crippen LogP contribution in [0, 0.1) is 0 Å². The van der Waals surface area contributed by atoms with E-state index in [-0.39, 0.29) is 0 Å². The zero-order chi connectivity index (χ0) is 9.68. The molecule has 0 atom stereocenters. The monoisotopic (exact) mass is 246 g/mol. The molecule has 13 heavy (non-hydrogen) atoms. The van der Waals surface area contributed by atoms with Gasteiger partial charge in [0.15, 0.2) is 0 Å². The van der Waals surface area contributed by atoms with Crippen molar-refractivity contribution in [1.82, 2.24) is 0 Å². The van der Waals surface area contributed by atoms with Crippen LogP contribution in [0.3, 0.4) is 0 Å². The van der Waals surface area contributed by atoms with E-state index in [4.69, 9.17) is 9.47 Å². The first-order valence-corrected chi connectivity index (χ1v) is 6.24. The van der Waals surface area contributed by atoms with Gasteiger partial charge in [0.25, 0.3) is 0 Å². The zero-order valence-electron chi connectivity index (χ0n) is 8.16. The fraction of sp³-hybridized carbons (Fsp3) is 0.400. The second kappa shape index (κ2) is 5.15. The van der Waals surface area contributed by atoms with Crippen molar-refractivity contribution in [1.29, 1.82) is 0 Å². The first-order valence-electron chi connectivity index (χ1n) is 4.17. The Morgan fingerprint density at radius 1 is 1.15 bits per heavy atom. The third-order valence-electron chi connectivity index (χ3n) is 1.67. The molecule has 0 spiro atoms. The molecule has 0 aliphatic rings. The van der Waals surface area contributed by atoms with Crippen molar-refractivity contribution >= 4 is 19.4 Å². The van der Waals surface area contributed by atoms with Crippen LogP contribution < -0.4 is 13.9 Å². The topological polar surface area (TPSA) is 18.5 Å². The Labute approximate surface area is 85.4 Å². The number of ether oxygens (including phenoxy) is 2. The maximum absolute atomic E-state index is 5.28. The number of methoxy groups -OCH3 is 2. The number of rotatable bonds is 4. The fourth-order valence-electron chi connectivity index (χ4n) is 1.10. The average molecular weight is 245 g/mol. The Bertz CT molecular complexity index is 251. The first-order chi connectivity index (χ1) is 6.33. The quantitative estimate of drug-likeness (QED) is 0.748. The molecule has 0 saturated carbocycles. The molecular weight excluding hydrogens is 231 g/mol. The molecule has 0 unspecified atom stereocenters. The number of benzene rings is 1. The van der Waals surface area contributed by atoms with E-state index in [1.807, 2.05) is 18.2 Å². The van der Waals surface area contributed by atoms with Crippen LogP contribution in [-0.4, -0.2) is 29.2 Å². The summed E-state index contributed by atoms with van der Waals surface area (Å²) in [5.41, 5.74) is 0. The van der Waals surface area contributed by atoms with Gasteiger partial charge in [0, 0.05) is 0 Å². The molecule has 0 heterocycles. The van der Waals surface area contributed by atoms with Crippen LogP contribution >= 0.6 is 0 Å². The Morgan fingerprint density at radius 2 is 1.69 bits per heavy atom. The molecule has 2 nitrogen and oxygen atoms in total. The van der Waals surface area contributed by atoms with E-state index < -0.39 is 0 Å².